The van der Waals surface area contributed by atoms with Crippen molar-refractivity contribution in [3.05, 3.63) is 116 Å². The molecular weight excluding hydrogens is 501 g/mol. The van der Waals surface area contributed by atoms with Gasteiger partial charge >= 0.3 is 11.7 Å². The van der Waals surface area contributed by atoms with Gasteiger partial charge < -0.3 is 15.2 Å². The highest BCUT2D eigenvalue weighted by Gasteiger charge is 2.20. The number of benzene rings is 3. The fourth-order valence-electron chi connectivity index (χ4n) is 3.70. The molecule has 0 aliphatic heterocycles. The Balaban J connectivity index is 1.66. The van der Waals surface area contributed by atoms with E-state index in [2.05, 4.69) is 5.32 Å². The number of carboxylic acid groups (broad SMARTS) is 1. The maximum atomic E-state index is 15.3. The average molecular weight is 524 g/mol. The molecule has 1 aromatic heterocycles. The lowest BCUT2D eigenvalue weighted by Gasteiger charge is -2.18. The van der Waals surface area contributed by atoms with E-state index in [9.17, 15) is 14.4 Å². The zero-order valence-electron chi connectivity index (χ0n) is 19.8. The number of nitrogens with zero attached hydrogens (tertiary/aromatic N) is 2. The van der Waals surface area contributed by atoms with Crippen molar-refractivity contribution in [1.82, 2.24) is 9.13 Å². The topological polar surface area (TPSA) is 103 Å². The number of halogens is 2. The summed E-state index contributed by atoms with van der Waals surface area (Å²) in [4.78, 5) is 37.0. The molecule has 1 heterocycles. The molecule has 4 aromatic rings. The van der Waals surface area contributed by atoms with E-state index in [0.717, 1.165) is 4.57 Å². The van der Waals surface area contributed by atoms with Crippen LogP contribution in [0, 0.1) is 5.82 Å². The van der Waals surface area contributed by atoms with Crippen molar-refractivity contribution in [3.8, 4) is 11.5 Å². The van der Waals surface area contributed by atoms with Crippen LogP contribution in [0.15, 0.2) is 82.4 Å². The fraction of sp³-hybridized carbons (Fsp3) is 0.148. The van der Waals surface area contributed by atoms with Gasteiger partial charge in [0.05, 0.1) is 12.1 Å². The standard InChI is InChI=1S/C27H23ClFN3O5/c1-2-14-31-25(33)23(29)24(32(27(31)36)16-17-6-8-19(28)9-7-17)30-20-10-12-21(13-11-20)37-22-5-3-4-18(15-22)26(34)35/h3-13,15,30H,2,14,16H2,1H3,(H,34,35). The molecule has 2 N–H and O–H groups in total. The molecule has 3 aromatic carbocycles. The molecule has 8 nitrogen and oxygen atoms in total. The van der Waals surface area contributed by atoms with Gasteiger partial charge in [-0.2, -0.15) is 4.39 Å². The number of anilines is 2. The smallest absolute Gasteiger partial charge is 0.335 e. The minimum atomic E-state index is -1.08. The van der Waals surface area contributed by atoms with Crippen LogP contribution < -0.4 is 21.3 Å². The Morgan fingerprint density at radius 2 is 1.70 bits per heavy atom. The number of hydrogen-bond acceptors (Lipinski definition) is 5. The van der Waals surface area contributed by atoms with Gasteiger partial charge in [-0.05, 0) is 66.6 Å². The number of nitrogens with one attached hydrogen (secondary N) is 1. The van der Waals surface area contributed by atoms with Crippen LogP contribution in [0.5, 0.6) is 11.5 Å². The van der Waals surface area contributed by atoms with Crippen molar-refractivity contribution in [2.75, 3.05) is 5.32 Å². The molecule has 37 heavy (non-hydrogen) atoms. The molecule has 0 saturated carbocycles. The minimum Gasteiger partial charge on any atom is -0.478 e. The molecule has 10 heteroatoms. The number of carboxylic acids is 1. The lowest BCUT2D eigenvalue weighted by molar-refractivity contribution is 0.0696. The number of ether oxygens (including phenoxy) is 1. The van der Waals surface area contributed by atoms with Crippen molar-refractivity contribution in [2.24, 2.45) is 0 Å². The van der Waals surface area contributed by atoms with Crippen LogP contribution in [0.25, 0.3) is 0 Å². The Bertz CT molecular complexity index is 1550. The number of hydrogen-bond donors (Lipinski definition) is 2. The summed E-state index contributed by atoms with van der Waals surface area (Å²) in [6.45, 7) is 1.89. The third-order valence-corrected chi connectivity index (χ3v) is 5.76. The highest BCUT2D eigenvalue weighted by molar-refractivity contribution is 6.30. The van der Waals surface area contributed by atoms with Crippen LogP contribution in [0.2, 0.25) is 5.02 Å². The molecule has 0 radical (unpaired) electrons. The zero-order valence-corrected chi connectivity index (χ0v) is 20.5. The van der Waals surface area contributed by atoms with Gasteiger partial charge in [0.2, 0.25) is 5.82 Å². The van der Waals surface area contributed by atoms with E-state index in [1.807, 2.05) is 0 Å². The van der Waals surface area contributed by atoms with Crippen molar-refractivity contribution in [3.63, 3.8) is 0 Å². The fourth-order valence-corrected chi connectivity index (χ4v) is 3.83. The monoisotopic (exact) mass is 523 g/mol. The van der Waals surface area contributed by atoms with Crippen molar-refractivity contribution in [1.29, 1.82) is 0 Å². The number of carbonyl (C=O) groups is 1. The van der Waals surface area contributed by atoms with Crippen LogP contribution in [-0.4, -0.2) is 20.2 Å². The summed E-state index contributed by atoms with van der Waals surface area (Å²) in [5.74, 6) is -1.67. The van der Waals surface area contributed by atoms with E-state index in [0.29, 0.717) is 34.2 Å². The normalized spacial score (nSPS) is 10.8. The van der Waals surface area contributed by atoms with Crippen LogP contribution in [-0.2, 0) is 13.1 Å². The third-order valence-electron chi connectivity index (χ3n) is 5.51. The first-order valence-corrected chi connectivity index (χ1v) is 11.8. The summed E-state index contributed by atoms with van der Waals surface area (Å²) in [5.41, 5.74) is -0.447. The first kappa shape index (κ1) is 25.7. The van der Waals surface area contributed by atoms with E-state index in [1.165, 1.54) is 16.7 Å². The molecular formula is C27H23ClFN3O5. The second-order valence-electron chi connectivity index (χ2n) is 8.20. The summed E-state index contributed by atoms with van der Waals surface area (Å²) in [6.07, 6.45) is 0.485. The van der Waals surface area contributed by atoms with Gasteiger partial charge in [0, 0.05) is 17.3 Å². The van der Waals surface area contributed by atoms with E-state index in [4.69, 9.17) is 21.4 Å². The second kappa shape index (κ2) is 11.1. The van der Waals surface area contributed by atoms with E-state index < -0.39 is 23.0 Å². The lowest BCUT2D eigenvalue weighted by Crippen LogP contribution is -2.42. The summed E-state index contributed by atoms with van der Waals surface area (Å²) >= 11 is 5.96. The van der Waals surface area contributed by atoms with Crippen LogP contribution in [0.4, 0.5) is 15.9 Å². The number of rotatable bonds is 9. The highest BCUT2D eigenvalue weighted by Crippen LogP contribution is 2.26. The Morgan fingerprint density at radius 1 is 1.00 bits per heavy atom. The SMILES string of the molecule is CCCn1c(=O)c(F)c(Nc2ccc(Oc3cccc(C(=O)O)c3)cc2)n(Cc2ccc(Cl)cc2)c1=O. The Hall–Kier alpha value is -4.37. The predicted molar refractivity (Wildman–Crippen MR) is 139 cm³/mol. The summed E-state index contributed by atoms with van der Waals surface area (Å²) in [6, 6.07) is 19.2. The second-order valence-corrected chi connectivity index (χ2v) is 8.64. The van der Waals surface area contributed by atoms with Gasteiger partial charge in [0.25, 0.3) is 5.56 Å². The molecule has 0 amide bonds. The zero-order chi connectivity index (χ0) is 26.5. The number of aromatic nitrogens is 2. The Morgan fingerprint density at radius 3 is 2.35 bits per heavy atom. The highest BCUT2D eigenvalue weighted by atomic mass is 35.5. The van der Waals surface area contributed by atoms with Crippen LogP contribution in [0.3, 0.4) is 0 Å². The average Bonchev–Trinajstić information content (AvgIpc) is 2.89. The molecule has 0 spiro atoms. The molecule has 190 valence electrons. The van der Waals surface area contributed by atoms with Crippen LogP contribution >= 0.6 is 11.6 Å². The molecule has 0 unspecified atom stereocenters. The molecule has 0 aliphatic carbocycles. The number of aromatic carboxylic acids is 1. The largest absolute Gasteiger partial charge is 0.478 e. The van der Waals surface area contributed by atoms with E-state index in [1.54, 1.807) is 67.6 Å². The van der Waals surface area contributed by atoms with Crippen LogP contribution in [0.1, 0.15) is 29.3 Å². The molecule has 0 bridgehead atoms. The van der Waals surface area contributed by atoms with Crippen molar-refractivity contribution in [2.45, 2.75) is 26.4 Å². The Labute approximate surface area is 216 Å². The van der Waals surface area contributed by atoms with E-state index in [-0.39, 0.29) is 24.5 Å². The quantitative estimate of drug-likeness (QED) is 0.300. The predicted octanol–water partition coefficient (Wildman–Crippen LogP) is 5.49. The summed E-state index contributed by atoms with van der Waals surface area (Å²) < 4.78 is 23.1. The molecule has 0 fully saturated rings. The first-order valence-electron chi connectivity index (χ1n) is 11.4. The Kier molecular flexibility index (Phi) is 7.74. The van der Waals surface area contributed by atoms with Crippen molar-refractivity contribution < 1.29 is 19.0 Å². The van der Waals surface area contributed by atoms with E-state index >= 15 is 4.39 Å². The van der Waals surface area contributed by atoms with Crippen molar-refractivity contribution >= 4 is 29.1 Å². The molecule has 0 atom stereocenters. The van der Waals surface area contributed by atoms with Gasteiger partial charge in [-0.15, -0.1) is 0 Å². The summed E-state index contributed by atoms with van der Waals surface area (Å²) in [7, 11) is 0. The third kappa shape index (κ3) is 5.90. The minimum absolute atomic E-state index is 0.0142. The first-order chi connectivity index (χ1) is 17.8. The van der Waals surface area contributed by atoms with Gasteiger partial charge in [-0.3, -0.25) is 13.9 Å². The van der Waals surface area contributed by atoms with Gasteiger partial charge in [-0.1, -0.05) is 36.7 Å². The lowest BCUT2D eigenvalue weighted by atomic mass is 10.2. The maximum absolute atomic E-state index is 15.3. The van der Waals surface area contributed by atoms with Gasteiger partial charge in [0.1, 0.15) is 11.5 Å². The van der Waals surface area contributed by atoms with Gasteiger partial charge in [-0.25, -0.2) is 9.59 Å². The van der Waals surface area contributed by atoms with Gasteiger partial charge in [0.15, 0.2) is 5.82 Å². The summed E-state index contributed by atoms with van der Waals surface area (Å²) in [5, 5.41) is 12.5. The molecule has 0 aliphatic rings. The molecule has 4 rings (SSSR count). The molecule has 0 saturated heterocycles. The maximum Gasteiger partial charge on any atom is 0.335 e.